The second-order valence-electron chi connectivity index (χ2n) is 5.64. The van der Waals surface area contributed by atoms with E-state index in [1.165, 1.54) is 0 Å². The third-order valence-corrected chi connectivity index (χ3v) is 4.26. The molecule has 4 rings (SSSR count). The number of hydrogen-bond acceptors (Lipinski definition) is 5. The lowest BCUT2D eigenvalue weighted by Gasteiger charge is -2.33. The lowest BCUT2D eigenvalue weighted by Crippen LogP contribution is -2.35. The summed E-state index contributed by atoms with van der Waals surface area (Å²) in [4.78, 5) is 19.9. The van der Waals surface area contributed by atoms with E-state index in [-0.39, 0.29) is 0 Å². The number of rotatable bonds is 3. The fourth-order valence-corrected chi connectivity index (χ4v) is 3.10. The number of nitrogens with zero attached hydrogens (tertiary/aromatic N) is 6. The van der Waals surface area contributed by atoms with Gasteiger partial charge in [-0.15, -0.1) is 0 Å². The first-order chi connectivity index (χ1) is 11.4. The summed E-state index contributed by atoms with van der Waals surface area (Å²) in [6, 6.07) is 8.22. The fourth-order valence-electron chi connectivity index (χ4n) is 3.10. The molecule has 0 bridgehead atoms. The molecule has 0 N–H and O–H groups in total. The Morgan fingerprint density at radius 3 is 2.35 bits per heavy atom. The smallest absolute Gasteiger partial charge is 0.225 e. The molecular weight excluding hydrogens is 288 g/mol. The molecule has 23 heavy (non-hydrogen) atoms. The van der Waals surface area contributed by atoms with Crippen LogP contribution in [0.5, 0.6) is 0 Å². The Balaban J connectivity index is 1.51. The largest absolute Gasteiger partial charge is 0.341 e. The van der Waals surface area contributed by atoms with E-state index in [0.29, 0.717) is 6.04 Å². The molecule has 3 aromatic heterocycles. The van der Waals surface area contributed by atoms with Crippen molar-refractivity contribution < 1.29 is 0 Å². The molecule has 1 saturated heterocycles. The molecule has 0 unspecified atom stereocenters. The van der Waals surface area contributed by atoms with Crippen molar-refractivity contribution in [3.8, 4) is 11.5 Å². The summed E-state index contributed by atoms with van der Waals surface area (Å²) < 4.78 is 2.26. The SMILES string of the molecule is c1ccc(-c2nccn2C2CCN(c3ncccn3)CC2)nc1. The van der Waals surface area contributed by atoms with E-state index in [4.69, 9.17) is 0 Å². The maximum absolute atomic E-state index is 4.50. The highest BCUT2D eigenvalue weighted by Crippen LogP contribution is 2.28. The van der Waals surface area contributed by atoms with Crippen molar-refractivity contribution in [2.75, 3.05) is 18.0 Å². The molecule has 116 valence electrons. The Bertz CT molecular complexity index is 747. The Morgan fingerprint density at radius 1 is 0.826 bits per heavy atom. The van der Waals surface area contributed by atoms with Gasteiger partial charge in [-0.05, 0) is 31.0 Å². The Morgan fingerprint density at radius 2 is 1.61 bits per heavy atom. The lowest BCUT2D eigenvalue weighted by atomic mass is 10.0. The second kappa shape index (κ2) is 6.16. The highest BCUT2D eigenvalue weighted by molar-refractivity contribution is 5.49. The van der Waals surface area contributed by atoms with E-state index in [1.807, 2.05) is 36.7 Å². The Kier molecular flexibility index (Phi) is 3.71. The van der Waals surface area contributed by atoms with Crippen molar-refractivity contribution in [2.45, 2.75) is 18.9 Å². The predicted octanol–water partition coefficient (Wildman–Crippen LogP) is 2.58. The summed E-state index contributed by atoms with van der Waals surface area (Å²) >= 11 is 0. The molecule has 0 radical (unpaired) electrons. The highest BCUT2D eigenvalue weighted by atomic mass is 15.3. The van der Waals surface area contributed by atoms with Gasteiger partial charge in [0.2, 0.25) is 5.95 Å². The van der Waals surface area contributed by atoms with E-state index >= 15 is 0 Å². The number of imidazole rings is 1. The number of aromatic nitrogens is 5. The number of hydrogen-bond donors (Lipinski definition) is 0. The van der Waals surface area contributed by atoms with Crippen molar-refractivity contribution >= 4 is 5.95 Å². The summed E-state index contributed by atoms with van der Waals surface area (Å²) in [5.74, 6) is 1.77. The fraction of sp³-hybridized carbons (Fsp3) is 0.294. The Hall–Kier alpha value is -2.76. The monoisotopic (exact) mass is 306 g/mol. The lowest BCUT2D eigenvalue weighted by molar-refractivity contribution is 0.396. The normalized spacial score (nSPS) is 15.7. The number of pyridine rings is 1. The van der Waals surface area contributed by atoms with E-state index < -0.39 is 0 Å². The zero-order valence-electron chi connectivity index (χ0n) is 12.8. The number of anilines is 1. The van der Waals surface area contributed by atoms with Gasteiger partial charge in [0.15, 0.2) is 5.82 Å². The van der Waals surface area contributed by atoms with Crippen LogP contribution < -0.4 is 4.90 Å². The average Bonchev–Trinajstić information content (AvgIpc) is 3.13. The minimum Gasteiger partial charge on any atom is -0.341 e. The summed E-state index contributed by atoms with van der Waals surface area (Å²) in [7, 11) is 0. The molecule has 0 aromatic carbocycles. The van der Waals surface area contributed by atoms with Crippen LogP contribution in [-0.4, -0.2) is 37.6 Å². The summed E-state index contributed by atoms with van der Waals surface area (Å²) in [5, 5.41) is 0. The molecule has 0 aliphatic carbocycles. The van der Waals surface area contributed by atoms with Gasteiger partial charge in [-0.1, -0.05) is 6.07 Å². The zero-order chi connectivity index (χ0) is 15.5. The van der Waals surface area contributed by atoms with Gasteiger partial charge >= 0.3 is 0 Å². The van der Waals surface area contributed by atoms with Gasteiger partial charge in [-0.3, -0.25) is 4.98 Å². The molecule has 4 heterocycles. The second-order valence-corrected chi connectivity index (χ2v) is 5.64. The molecular formula is C17H18N6. The van der Waals surface area contributed by atoms with Crippen LogP contribution in [-0.2, 0) is 0 Å². The van der Waals surface area contributed by atoms with Crippen molar-refractivity contribution in [2.24, 2.45) is 0 Å². The molecule has 1 aliphatic heterocycles. The molecule has 1 fully saturated rings. The summed E-state index contributed by atoms with van der Waals surface area (Å²) in [6.07, 6.45) is 11.4. The van der Waals surface area contributed by atoms with Crippen molar-refractivity contribution in [1.82, 2.24) is 24.5 Å². The first-order valence-electron chi connectivity index (χ1n) is 7.88. The molecule has 0 spiro atoms. The van der Waals surface area contributed by atoms with E-state index in [2.05, 4.69) is 35.6 Å². The quantitative estimate of drug-likeness (QED) is 0.744. The number of piperidine rings is 1. The van der Waals surface area contributed by atoms with Gasteiger partial charge in [0.25, 0.3) is 0 Å². The summed E-state index contributed by atoms with van der Waals surface area (Å²) in [6.45, 7) is 1.91. The van der Waals surface area contributed by atoms with Gasteiger partial charge in [-0.2, -0.15) is 0 Å². The standard InChI is InChI=1S/C17H18N6/c1-2-7-18-15(4-1)16-19-10-13-23(16)14-5-11-22(12-6-14)17-20-8-3-9-21-17/h1-4,7-10,13-14H,5-6,11-12H2. The van der Waals surface area contributed by atoms with Crippen LogP contribution in [0.25, 0.3) is 11.5 Å². The van der Waals surface area contributed by atoms with Crippen LogP contribution in [0, 0.1) is 0 Å². The first kappa shape index (κ1) is 13.9. The van der Waals surface area contributed by atoms with Crippen LogP contribution >= 0.6 is 0 Å². The summed E-state index contributed by atoms with van der Waals surface area (Å²) in [5.41, 5.74) is 0.923. The van der Waals surface area contributed by atoms with Crippen LogP contribution in [0.3, 0.4) is 0 Å². The molecule has 1 aliphatic rings. The van der Waals surface area contributed by atoms with Crippen molar-refractivity contribution in [3.63, 3.8) is 0 Å². The molecule has 6 heteroatoms. The van der Waals surface area contributed by atoms with Gasteiger partial charge in [0, 0.05) is 50.1 Å². The maximum atomic E-state index is 4.50. The predicted molar refractivity (Wildman–Crippen MR) is 88.0 cm³/mol. The third-order valence-electron chi connectivity index (χ3n) is 4.26. The van der Waals surface area contributed by atoms with Gasteiger partial charge in [-0.25, -0.2) is 15.0 Å². The maximum Gasteiger partial charge on any atom is 0.225 e. The topological polar surface area (TPSA) is 59.7 Å². The van der Waals surface area contributed by atoms with E-state index in [0.717, 1.165) is 43.4 Å². The average molecular weight is 306 g/mol. The molecule has 6 nitrogen and oxygen atoms in total. The first-order valence-corrected chi connectivity index (χ1v) is 7.88. The van der Waals surface area contributed by atoms with E-state index in [9.17, 15) is 0 Å². The minimum absolute atomic E-state index is 0.439. The van der Waals surface area contributed by atoms with Gasteiger partial charge in [0.1, 0.15) is 5.69 Å². The van der Waals surface area contributed by atoms with Crippen molar-refractivity contribution in [1.29, 1.82) is 0 Å². The zero-order valence-corrected chi connectivity index (χ0v) is 12.8. The van der Waals surface area contributed by atoms with E-state index in [1.54, 1.807) is 12.4 Å². The molecule has 0 atom stereocenters. The minimum atomic E-state index is 0.439. The third kappa shape index (κ3) is 2.79. The highest BCUT2D eigenvalue weighted by Gasteiger charge is 2.23. The molecule has 0 amide bonds. The molecule has 0 saturated carbocycles. The van der Waals surface area contributed by atoms with Crippen LogP contribution in [0.1, 0.15) is 18.9 Å². The van der Waals surface area contributed by atoms with Crippen LogP contribution in [0.4, 0.5) is 5.95 Å². The van der Waals surface area contributed by atoms with Gasteiger partial charge < -0.3 is 9.47 Å². The Labute approximate surface area is 134 Å². The van der Waals surface area contributed by atoms with Crippen LogP contribution in [0.15, 0.2) is 55.2 Å². The molecule has 3 aromatic rings. The van der Waals surface area contributed by atoms with Gasteiger partial charge in [0.05, 0.1) is 0 Å². The van der Waals surface area contributed by atoms with Crippen molar-refractivity contribution in [3.05, 3.63) is 55.2 Å². The van der Waals surface area contributed by atoms with Crippen LogP contribution in [0.2, 0.25) is 0 Å².